The van der Waals surface area contributed by atoms with Gasteiger partial charge in [-0.3, -0.25) is 14.1 Å². The zero-order valence-electron chi connectivity index (χ0n) is 18.5. The molecule has 0 spiro atoms. The Labute approximate surface area is 202 Å². The molecule has 2 aromatic carbocycles. The first-order valence-corrected chi connectivity index (χ1v) is 11.6. The smallest absolute Gasteiger partial charge is 0.406 e. The van der Waals surface area contributed by atoms with Gasteiger partial charge in [0, 0.05) is 23.6 Å². The molecule has 0 bridgehead atoms. The maximum atomic E-state index is 13.4. The number of benzene rings is 2. The Morgan fingerprint density at radius 1 is 0.943 bits per heavy atom. The highest BCUT2D eigenvalue weighted by molar-refractivity contribution is 7.98. The summed E-state index contributed by atoms with van der Waals surface area (Å²) in [7, 11) is 1.60. The van der Waals surface area contributed by atoms with Crippen LogP contribution in [0, 0.1) is 0 Å². The molecule has 0 aliphatic carbocycles. The maximum absolute atomic E-state index is 13.4. The Morgan fingerprint density at radius 2 is 1.69 bits per heavy atom. The van der Waals surface area contributed by atoms with Crippen molar-refractivity contribution in [2.24, 2.45) is 0 Å². The quantitative estimate of drug-likeness (QED) is 0.276. The number of imidazole rings is 1. The molecule has 178 valence electrons. The fourth-order valence-electron chi connectivity index (χ4n) is 3.75. The van der Waals surface area contributed by atoms with Crippen molar-refractivity contribution >= 4 is 22.8 Å². The molecule has 0 radical (unpaired) electrons. The summed E-state index contributed by atoms with van der Waals surface area (Å²) in [5, 5.41) is 8.28. The lowest BCUT2D eigenvalue weighted by molar-refractivity contribution is -0.141. The second-order valence-electron chi connectivity index (χ2n) is 7.58. The predicted molar refractivity (Wildman–Crippen MR) is 126 cm³/mol. The van der Waals surface area contributed by atoms with Gasteiger partial charge >= 0.3 is 6.18 Å². The van der Waals surface area contributed by atoms with Crippen molar-refractivity contribution in [1.82, 2.24) is 29.3 Å². The molecule has 0 aliphatic rings. The van der Waals surface area contributed by atoms with Gasteiger partial charge in [-0.25, -0.2) is 4.98 Å². The number of aromatic nitrogens is 6. The third-order valence-corrected chi connectivity index (χ3v) is 6.25. The minimum atomic E-state index is -4.43. The van der Waals surface area contributed by atoms with E-state index < -0.39 is 12.7 Å². The Hall–Kier alpha value is -3.86. The van der Waals surface area contributed by atoms with E-state index in [1.807, 2.05) is 53.1 Å². The predicted octanol–water partition coefficient (Wildman–Crippen LogP) is 5.54. The molecule has 0 saturated carbocycles. The van der Waals surface area contributed by atoms with Gasteiger partial charge in [0.15, 0.2) is 11.0 Å². The summed E-state index contributed by atoms with van der Waals surface area (Å²) in [6.45, 7) is -1.20. The molecular formula is C24H19F3N6OS. The first-order valence-electron chi connectivity index (χ1n) is 10.6. The van der Waals surface area contributed by atoms with Crippen LogP contribution in [0.4, 0.5) is 13.2 Å². The molecule has 3 aromatic heterocycles. The normalized spacial score (nSPS) is 11.8. The van der Waals surface area contributed by atoms with Gasteiger partial charge in [-0.1, -0.05) is 23.9 Å². The van der Waals surface area contributed by atoms with Crippen molar-refractivity contribution < 1.29 is 17.9 Å². The molecule has 0 atom stereocenters. The fraction of sp³-hybridized carbons (Fsp3) is 0.167. The lowest BCUT2D eigenvalue weighted by Gasteiger charge is -2.13. The van der Waals surface area contributed by atoms with Crippen LogP contribution in [0.25, 0.3) is 28.1 Å². The molecule has 5 rings (SSSR count). The zero-order valence-corrected chi connectivity index (χ0v) is 19.3. The molecule has 0 fully saturated rings. The van der Waals surface area contributed by atoms with Crippen LogP contribution >= 0.6 is 11.8 Å². The van der Waals surface area contributed by atoms with Crippen LogP contribution in [0.2, 0.25) is 0 Å². The number of fused-ring (bicyclic) bond motifs is 1. The summed E-state index contributed by atoms with van der Waals surface area (Å²) in [5.41, 5.74) is 3.05. The van der Waals surface area contributed by atoms with Gasteiger partial charge in [0.2, 0.25) is 0 Å². The summed E-state index contributed by atoms with van der Waals surface area (Å²) >= 11 is 1.15. The average Bonchev–Trinajstić information content (AvgIpc) is 3.43. The molecular weight excluding hydrogens is 477 g/mol. The first-order chi connectivity index (χ1) is 16.9. The highest BCUT2D eigenvalue weighted by atomic mass is 32.2. The Balaban J connectivity index is 1.52. The minimum Gasteiger partial charge on any atom is -0.497 e. The second-order valence-corrected chi connectivity index (χ2v) is 8.52. The van der Waals surface area contributed by atoms with Crippen molar-refractivity contribution in [2.45, 2.75) is 23.6 Å². The molecule has 7 nitrogen and oxygen atoms in total. The van der Waals surface area contributed by atoms with Crippen LogP contribution in [0.3, 0.4) is 0 Å². The van der Waals surface area contributed by atoms with Crippen LogP contribution < -0.4 is 4.74 Å². The maximum Gasteiger partial charge on any atom is 0.406 e. The number of pyridine rings is 1. The number of para-hydroxylation sites is 2. The van der Waals surface area contributed by atoms with E-state index in [4.69, 9.17) is 9.72 Å². The van der Waals surface area contributed by atoms with Crippen molar-refractivity contribution in [1.29, 1.82) is 0 Å². The number of halogens is 3. The fourth-order valence-corrected chi connectivity index (χ4v) is 4.61. The van der Waals surface area contributed by atoms with E-state index in [-0.39, 0.29) is 16.7 Å². The van der Waals surface area contributed by atoms with E-state index in [1.165, 1.54) is 12.4 Å². The summed E-state index contributed by atoms with van der Waals surface area (Å²) in [6, 6.07) is 18.4. The molecule has 0 aliphatic heterocycles. The SMILES string of the molecule is COc1ccc(-n2c(CSc3nnc(-c4ccncc4)n3CC(F)(F)F)nc3ccccc32)cc1. The van der Waals surface area contributed by atoms with E-state index in [0.717, 1.165) is 38.8 Å². The van der Waals surface area contributed by atoms with Gasteiger partial charge in [-0.15, -0.1) is 10.2 Å². The van der Waals surface area contributed by atoms with E-state index in [1.54, 1.807) is 19.2 Å². The number of hydrogen-bond acceptors (Lipinski definition) is 6. The molecule has 0 saturated heterocycles. The summed E-state index contributed by atoms with van der Waals surface area (Å²) in [4.78, 5) is 8.66. The third-order valence-electron chi connectivity index (χ3n) is 5.28. The molecule has 11 heteroatoms. The third kappa shape index (κ3) is 4.85. The Kier molecular flexibility index (Phi) is 6.16. The van der Waals surface area contributed by atoms with Gasteiger partial charge in [0.1, 0.15) is 18.1 Å². The molecule has 0 amide bonds. The van der Waals surface area contributed by atoms with Crippen LogP contribution in [0.1, 0.15) is 5.82 Å². The van der Waals surface area contributed by atoms with Crippen LogP contribution in [0.5, 0.6) is 5.75 Å². The van der Waals surface area contributed by atoms with Crippen molar-refractivity contribution in [3.05, 3.63) is 78.9 Å². The number of alkyl halides is 3. The molecule has 5 aromatic rings. The van der Waals surface area contributed by atoms with Crippen LogP contribution in [0.15, 0.2) is 78.2 Å². The van der Waals surface area contributed by atoms with Gasteiger partial charge in [0.25, 0.3) is 0 Å². The highest BCUT2D eigenvalue weighted by Crippen LogP contribution is 2.31. The van der Waals surface area contributed by atoms with Gasteiger partial charge in [-0.2, -0.15) is 13.2 Å². The van der Waals surface area contributed by atoms with Gasteiger partial charge < -0.3 is 4.74 Å². The largest absolute Gasteiger partial charge is 0.497 e. The summed E-state index contributed by atoms with van der Waals surface area (Å²) in [6.07, 6.45) is -1.42. The van der Waals surface area contributed by atoms with E-state index >= 15 is 0 Å². The Bertz CT molecular complexity index is 1450. The lowest BCUT2D eigenvalue weighted by atomic mass is 10.2. The number of nitrogens with zero attached hydrogens (tertiary/aromatic N) is 6. The number of hydrogen-bond donors (Lipinski definition) is 0. The van der Waals surface area contributed by atoms with Crippen molar-refractivity contribution in [3.8, 4) is 22.8 Å². The molecule has 35 heavy (non-hydrogen) atoms. The summed E-state index contributed by atoms with van der Waals surface area (Å²) in [5.74, 6) is 1.81. The number of rotatable bonds is 7. The van der Waals surface area contributed by atoms with Crippen molar-refractivity contribution in [3.63, 3.8) is 0 Å². The number of thioether (sulfide) groups is 1. The van der Waals surface area contributed by atoms with Crippen LogP contribution in [-0.2, 0) is 12.3 Å². The minimum absolute atomic E-state index is 0.135. The topological polar surface area (TPSA) is 70.7 Å². The van der Waals surface area contributed by atoms with E-state index in [9.17, 15) is 13.2 Å². The van der Waals surface area contributed by atoms with E-state index in [2.05, 4.69) is 15.2 Å². The monoisotopic (exact) mass is 496 g/mol. The zero-order chi connectivity index (χ0) is 24.4. The van der Waals surface area contributed by atoms with Crippen LogP contribution in [-0.4, -0.2) is 42.6 Å². The number of methoxy groups -OCH3 is 1. The average molecular weight is 497 g/mol. The van der Waals surface area contributed by atoms with E-state index in [0.29, 0.717) is 11.4 Å². The Morgan fingerprint density at radius 3 is 2.40 bits per heavy atom. The summed E-state index contributed by atoms with van der Waals surface area (Å²) < 4.78 is 48.6. The van der Waals surface area contributed by atoms with Crippen molar-refractivity contribution in [2.75, 3.05) is 7.11 Å². The second kappa shape index (κ2) is 9.41. The first kappa shape index (κ1) is 22.9. The molecule has 3 heterocycles. The number of ether oxygens (including phenoxy) is 1. The highest BCUT2D eigenvalue weighted by Gasteiger charge is 2.31. The molecule has 0 N–H and O–H groups in total. The molecule has 0 unspecified atom stereocenters. The lowest BCUT2D eigenvalue weighted by Crippen LogP contribution is -2.19. The van der Waals surface area contributed by atoms with Gasteiger partial charge in [0.05, 0.1) is 23.9 Å². The van der Waals surface area contributed by atoms with Gasteiger partial charge in [-0.05, 0) is 48.5 Å². The standard InChI is InChI=1S/C24H19F3N6OS/c1-34-18-8-6-17(7-9-18)33-20-5-3-2-4-19(20)29-21(33)14-35-23-31-30-22(16-10-12-28-13-11-16)32(23)15-24(25,26)27/h2-13H,14-15H2,1H3.